The van der Waals surface area contributed by atoms with Gasteiger partial charge in [-0.3, -0.25) is 0 Å². The number of carbonyl (C=O) groups excluding carboxylic acids is 1. The van der Waals surface area contributed by atoms with Crippen LogP contribution in [-0.4, -0.2) is 39.7 Å². The van der Waals surface area contributed by atoms with Gasteiger partial charge in [0.25, 0.3) is 0 Å². The molecule has 0 aliphatic heterocycles. The van der Waals surface area contributed by atoms with Gasteiger partial charge in [0, 0.05) is 23.7 Å². The van der Waals surface area contributed by atoms with Gasteiger partial charge in [-0.1, -0.05) is 30.3 Å². The van der Waals surface area contributed by atoms with Crippen molar-refractivity contribution in [1.82, 2.24) is 5.43 Å². The van der Waals surface area contributed by atoms with E-state index in [9.17, 15) is 4.79 Å². The summed E-state index contributed by atoms with van der Waals surface area (Å²) >= 11 is 0. The number of para-hydroxylation sites is 2. The van der Waals surface area contributed by atoms with Crippen molar-refractivity contribution in [3.05, 3.63) is 78.4 Å². The Hall–Kier alpha value is -4.20. The quantitative estimate of drug-likeness (QED) is 0.251. The van der Waals surface area contributed by atoms with Gasteiger partial charge >= 0.3 is 6.03 Å². The van der Waals surface area contributed by atoms with E-state index in [2.05, 4.69) is 15.8 Å². The number of urea groups is 1. The summed E-state index contributed by atoms with van der Waals surface area (Å²) in [6, 6.07) is 21.6. The van der Waals surface area contributed by atoms with E-state index >= 15 is 0 Å². The van der Waals surface area contributed by atoms with Gasteiger partial charge in [-0.05, 0) is 36.4 Å². The molecule has 0 unspecified atom stereocenters. The molecular weight excluding hydrogens is 422 g/mol. The summed E-state index contributed by atoms with van der Waals surface area (Å²) < 4.78 is 22.3. The third-order valence-corrected chi connectivity index (χ3v) is 4.48. The van der Waals surface area contributed by atoms with Crippen LogP contribution in [0.5, 0.6) is 23.0 Å². The Bertz CT molecular complexity index is 1060. The minimum absolute atomic E-state index is 0.410. The number of hydrogen-bond acceptors (Lipinski definition) is 6. The van der Waals surface area contributed by atoms with E-state index in [4.69, 9.17) is 18.9 Å². The Kier molecular flexibility index (Phi) is 8.96. The van der Waals surface area contributed by atoms with E-state index in [0.717, 1.165) is 11.5 Å². The molecule has 33 heavy (non-hydrogen) atoms. The molecule has 0 bridgehead atoms. The Morgan fingerprint density at radius 3 is 2.42 bits per heavy atom. The molecule has 0 fully saturated rings. The van der Waals surface area contributed by atoms with Crippen LogP contribution < -0.4 is 29.7 Å². The molecule has 0 spiro atoms. The fraction of sp³-hybridized carbons (Fsp3) is 0.200. The molecule has 0 radical (unpaired) electrons. The Morgan fingerprint density at radius 1 is 0.879 bits per heavy atom. The number of benzene rings is 3. The summed E-state index contributed by atoms with van der Waals surface area (Å²) in [5, 5.41) is 6.71. The SMILES string of the molecule is COc1cccc(OCCCOc2c(/C=N\NC(=O)Nc3ccccc3)cccc2OC)c1. The van der Waals surface area contributed by atoms with Gasteiger partial charge in [-0.2, -0.15) is 5.10 Å². The molecule has 3 rings (SSSR count). The summed E-state index contributed by atoms with van der Waals surface area (Å²) in [4.78, 5) is 12.0. The second kappa shape index (κ2) is 12.6. The number of rotatable bonds is 11. The second-order valence-corrected chi connectivity index (χ2v) is 6.80. The molecule has 172 valence electrons. The summed E-state index contributed by atoms with van der Waals surface area (Å²) in [6.07, 6.45) is 2.17. The number of nitrogens with zero attached hydrogens (tertiary/aromatic N) is 1. The van der Waals surface area contributed by atoms with Crippen LogP contribution >= 0.6 is 0 Å². The molecule has 0 aliphatic rings. The molecule has 8 nitrogen and oxygen atoms in total. The number of hydrazone groups is 1. The minimum Gasteiger partial charge on any atom is -0.497 e. The van der Waals surface area contributed by atoms with E-state index in [-0.39, 0.29) is 0 Å². The molecule has 0 aliphatic carbocycles. The number of ether oxygens (including phenoxy) is 4. The first-order chi connectivity index (χ1) is 16.2. The fourth-order valence-electron chi connectivity index (χ4n) is 2.90. The van der Waals surface area contributed by atoms with Gasteiger partial charge in [0.1, 0.15) is 11.5 Å². The van der Waals surface area contributed by atoms with Crippen LogP contribution in [0.4, 0.5) is 10.5 Å². The highest BCUT2D eigenvalue weighted by Gasteiger charge is 2.10. The molecule has 2 N–H and O–H groups in total. The van der Waals surface area contributed by atoms with Crippen molar-refractivity contribution in [1.29, 1.82) is 0 Å². The predicted octanol–water partition coefficient (Wildman–Crippen LogP) is 4.71. The monoisotopic (exact) mass is 449 g/mol. The summed E-state index contributed by atoms with van der Waals surface area (Å²) in [6.45, 7) is 0.889. The van der Waals surface area contributed by atoms with Crippen LogP contribution in [0.25, 0.3) is 0 Å². The van der Waals surface area contributed by atoms with Crippen molar-refractivity contribution in [2.45, 2.75) is 6.42 Å². The normalized spacial score (nSPS) is 10.5. The molecule has 0 atom stereocenters. The number of amides is 2. The van der Waals surface area contributed by atoms with Crippen LogP contribution in [0, 0.1) is 0 Å². The van der Waals surface area contributed by atoms with Crippen LogP contribution in [0.2, 0.25) is 0 Å². The zero-order valence-electron chi connectivity index (χ0n) is 18.6. The van der Waals surface area contributed by atoms with Crippen LogP contribution in [0.15, 0.2) is 77.9 Å². The maximum absolute atomic E-state index is 12.0. The topological polar surface area (TPSA) is 90.4 Å². The van der Waals surface area contributed by atoms with E-state index < -0.39 is 6.03 Å². The first kappa shape index (κ1) is 23.5. The first-order valence-corrected chi connectivity index (χ1v) is 10.4. The Labute approximate surface area is 193 Å². The molecule has 3 aromatic carbocycles. The Morgan fingerprint density at radius 2 is 1.64 bits per heavy atom. The van der Waals surface area contributed by atoms with Gasteiger partial charge < -0.3 is 24.3 Å². The van der Waals surface area contributed by atoms with Gasteiger partial charge in [0.15, 0.2) is 11.5 Å². The van der Waals surface area contributed by atoms with Crippen LogP contribution in [-0.2, 0) is 0 Å². The highest BCUT2D eigenvalue weighted by molar-refractivity contribution is 5.91. The van der Waals surface area contributed by atoms with Crippen molar-refractivity contribution in [3.8, 4) is 23.0 Å². The largest absolute Gasteiger partial charge is 0.497 e. The van der Waals surface area contributed by atoms with E-state index in [1.54, 1.807) is 32.4 Å². The second-order valence-electron chi connectivity index (χ2n) is 6.80. The lowest BCUT2D eigenvalue weighted by Crippen LogP contribution is -2.24. The lowest BCUT2D eigenvalue weighted by Gasteiger charge is -2.13. The average Bonchev–Trinajstić information content (AvgIpc) is 2.85. The number of hydrogen-bond donors (Lipinski definition) is 2. The average molecular weight is 450 g/mol. The van der Waals surface area contributed by atoms with Crippen molar-refractivity contribution in [2.24, 2.45) is 5.10 Å². The lowest BCUT2D eigenvalue weighted by molar-refractivity contribution is 0.239. The summed E-state index contributed by atoms with van der Waals surface area (Å²) in [5.74, 6) is 2.59. The van der Waals surface area contributed by atoms with Gasteiger partial charge in [-0.25, -0.2) is 10.2 Å². The van der Waals surface area contributed by atoms with Gasteiger partial charge in [-0.15, -0.1) is 0 Å². The zero-order chi connectivity index (χ0) is 23.3. The van der Waals surface area contributed by atoms with Gasteiger partial charge in [0.2, 0.25) is 0 Å². The number of nitrogens with one attached hydrogen (secondary N) is 2. The standard InChI is InChI=1S/C25H27N3O5/c1-30-21-12-7-13-22(17-21)32-15-8-16-33-24-19(9-6-14-23(24)31-2)18-26-28-25(29)27-20-10-4-3-5-11-20/h3-7,9-14,17-18H,8,15-16H2,1-2H3,(H2,27,28,29)/b26-18-. The molecule has 2 amide bonds. The maximum Gasteiger partial charge on any atom is 0.339 e. The first-order valence-electron chi connectivity index (χ1n) is 10.4. The smallest absolute Gasteiger partial charge is 0.339 e. The highest BCUT2D eigenvalue weighted by atomic mass is 16.5. The molecule has 8 heteroatoms. The van der Waals surface area contributed by atoms with Crippen LogP contribution in [0.3, 0.4) is 0 Å². The van der Waals surface area contributed by atoms with Crippen LogP contribution in [0.1, 0.15) is 12.0 Å². The fourth-order valence-corrected chi connectivity index (χ4v) is 2.90. The number of carbonyl (C=O) groups is 1. The van der Waals surface area contributed by atoms with Crippen molar-refractivity contribution < 1.29 is 23.7 Å². The molecular formula is C25H27N3O5. The molecule has 0 saturated heterocycles. The third kappa shape index (κ3) is 7.46. The zero-order valence-corrected chi connectivity index (χ0v) is 18.6. The lowest BCUT2D eigenvalue weighted by atomic mass is 10.2. The maximum atomic E-state index is 12.0. The summed E-state index contributed by atoms with van der Waals surface area (Å²) in [5.41, 5.74) is 3.78. The number of anilines is 1. The predicted molar refractivity (Wildman–Crippen MR) is 128 cm³/mol. The molecule has 0 aromatic heterocycles. The summed E-state index contributed by atoms with van der Waals surface area (Å²) in [7, 11) is 3.19. The molecule has 0 heterocycles. The van der Waals surface area contributed by atoms with E-state index in [1.807, 2.05) is 54.6 Å². The molecule has 0 saturated carbocycles. The van der Waals surface area contributed by atoms with Gasteiger partial charge in [0.05, 0.1) is 33.6 Å². The van der Waals surface area contributed by atoms with Crippen molar-refractivity contribution in [2.75, 3.05) is 32.8 Å². The van der Waals surface area contributed by atoms with Crippen molar-refractivity contribution in [3.63, 3.8) is 0 Å². The third-order valence-electron chi connectivity index (χ3n) is 4.48. The number of methoxy groups -OCH3 is 2. The van der Waals surface area contributed by atoms with Crippen molar-refractivity contribution >= 4 is 17.9 Å². The van der Waals surface area contributed by atoms with E-state index in [0.29, 0.717) is 42.4 Å². The highest BCUT2D eigenvalue weighted by Crippen LogP contribution is 2.30. The molecule has 3 aromatic rings. The van der Waals surface area contributed by atoms with E-state index in [1.165, 1.54) is 6.21 Å². The Balaban J connectivity index is 1.52. The minimum atomic E-state index is -0.447.